The van der Waals surface area contributed by atoms with Gasteiger partial charge in [-0.2, -0.15) is 0 Å². The first-order valence-corrected chi connectivity index (χ1v) is 7.05. The van der Waals surface area contributed by atoms with E-state index >= 15 is 0 Å². The molecule has 0 saturated carbocycles. The Hall–Kier alpha value is -0.0900. The number of nitrogens with zero attached hydrogens (tertiary/aromatic N) is 1. The molecule has 3 nitrogen and oxygen atoms in total. The van der Waals surface area contributed by atoms with Gasteiger partial charge in [-0.15, -0.1) is 0 Å². The highest BCUT2D eigenvalue weighted by Crippen LogP contribution is 2.22. The molecule has 1 aliphatic heterocycles. The molecule has 0 aromatic carbocycles. The van der Waals surface area contributed by atoms with E-state index in [2.05, 4.69) is 15.9 Å². The molecule has 0 bridgehead atoms. The molecule has 0 radical (unpaired) electrons. The van der Waals surface area contributed by atoms with Crippen molar-refractivity contribution in [3.63, 3.8) is 0 Å². The first-order chi connectivity index (χ1) is 7.57. The number of hydrogen-bond donors (Lipinski definition) is 1. The maximum absolute atomic E-state index is 12.2. The number of amides is 1. The van der Waals surface area contributed by atoms with Crippen molar-refractivity contribution in [2.45, 2.75) is 50.4 Å². The smallest absolute Gasteiger partial charge is 0.236 e. The van der Waals surface area contributed by atoms with Crippen molar-refractivity contribution in [3.8, 4) is 0 Å². The van der Waals surface area contributed by atoms with Crippen molar-refractivity contribution in [2.75, 3.05) is 13.2 Å². The predicted molar refractivity (Wildman–Crippen MR) is 68.6 cm³/mol. The van der Waals surface area contributed by atoms with Gasteiger partial charge in [-0.05, 0) is 18.8 Å². The van der Waals surface area contributed by atoms with Crippen LogP contribution in [0.15, 0.2) is 0 Å². The Morgan fingerprint density at radius 3 is 2.69 bits per heavy atom. The summed E-state index contributed by atoms with van der Waals surface area (Å²) in [5.41, 5.74) is 0. The molecule has 2 unspecified atom stereocenters. The summed E-state index contributed by atoms with van der Waals surface area (Å²) in [7, 11) is 0. The number of rotatable bonds is 3. The zero-order valence-electron chi connectivity index (χ0n) is 10.2. The zero-order chi connectivity index (χ0) is 12.1. The molecule has 0 spiro atoms. The van der Waals surface area contributed by atoms with E-state index in [-0.39, 0.29) is 29.3 Å². The first-order valence-electron chi connectivity index (χ1n) is 6.13. The molecule has 0 aliphatic carbocycles. The Morgan fingerprint density at radius 1 is 1.44 bits per heavy atom. The van der Waals surface area contributed by atoms with Gasteiger partial charge in [0.05, 0.1) is 17.5 Å². The van der Waals surface area contributed by atoms with Gasteiger partial charge in [-0.1, -0.05) is 42.6 Å². The minimum absolute atomic E-state index is 0.0220. The highest BCUT2D eigenvalue weighted by Gasteiger charge is 2.30. The first kappa shape index (κ1) is 14.0. The number of carbonyl (C=O) groups is 1. The van der Waals surface area contributed by atoms with Gasteiger partial charge in [0.1, 0.15) is 0 Å². The lowest BCUT2D eigenvalue weighted by Crippen LogP contribution is -2.46. The number of halogens is 1. The molecule has 1 N–H and O–H groups in total. The number of hydrogen-bond acceptors (Lipinski definition) is 2. The summed E-state index contributed by atoms with van der Waals surface area (Å²) in [5.74, 6) is 0.422. The van der Waals surface area contributed by atoms with Crippen LogP contribution >= 0.6 is 15.9 Å². The summed E-state index contributed by atoms with van der Waals surface area (Å²) < 4.78 is 0. The molecule has 4 heteroatoms. The molecule has 2 atom stereocenters. The minimum Gasteiger partial charge on any atom is -0.394 e. The quantitative estimate of drug-likeness (QED) is 0.810. The van der Waals surface area contributed by atoms with Crippen molar-refractivity contribution < 1.29 is 9.90 Å². The molecule has 1 fully saturated rings. The van der Waals surface area contributed by atoms with Gasteiger partial charge < -0.3 is 10.0 Å². The van der Waals surface area contributed by atoms with Gasteiger partial charge in [0.2, 0.25) is 5.91 Å². The molecule has 0 aromatic heterocycles. The van der Waals surface area contributed by atoms with E-state index in [0.29, 0.717) is 0 Å². The second kappa shape index (κ2) is 6.60. The molecule has 0 aromatic rings. The number of aliphatic hydroxyl groups excluding tert-OH is 1. The number of carbonyl (C=O) groups excluding carboxylic acids is 1. The van der Waals surface area contributed by atoms with Crippen molar-refractivity contribution in [1.82, 2.24) is 4.90 Å². The Bertz CT molecular complexity index is 233. The fourth-order valence-electron chi connectivity index (χ4n) is 2.10. The van der Waals surface area contributed by atoms with Crippen LogP contribution in [0.4, 0.5) is 0 Å². The van der Waals surface area contributed by atoms with Crippen LogP contribution in [-0.4, -0.2) is 39.9 Å². The Kier molecular flexibility index (Phi) is 5.76. The Balaban J connectivity index is 2.69. The molecular weight excluding hydrogens is 270 g/mol. The molecule has 1 heterocycles. The Labute approximate surface area is 106 Å². The number of alkyl halides is 1. The number of aliphatic hydroxyl groups is 1. The lowest BCUT2D eigenvalue weighted by Gasteiger charge is -2.31. The topological polar surface area (TPSA) is 40.5 Å². The summed E-state index contributed by atoms with van der Waals surface area (Å²) in [5, 5.41) is 9.35. The average Bonchev–Trinajstić information content (AvgIpc) is 2.51. The van der Waals surface area contributed by atoms with E-state index in [1.165, 1.54) is 0 Å². The second-order valence-electron chi connectivity index (χ2n) is 4.86. The van der Waals surface area contributed by atoms with Gasteiger partial charge in [0.15, 0.2) is 0 Å². The molecule has 16 heavy (non-hydrogen) atoms. The summed E-state index contributed by atoms with van der Waals surface area (Å²) >= 11 is 3.45. The van der Waals surface area contributed by atoms with Crippen LogP contribution in [0, 0.1) is 5.92 Å². The van der Waals surface area contributed by atoms with Crippen molar-refractivity contribution >= 4 is 21.8 Å². The predicted octanol–water partition coefficient (Wildman–Crippen LogP) is 2.17. The van der Waals surface area contributed by atoms with Crippen molar-refractivity contribution in [3.05, 3.63) is 0 Å². The lowest BCUT2D eigenvalue weighted by molar-refractivity contribution is -0.134. The minimum atomic E-state index is -0.125. The average molecular weight is 292 g/mol. The monoisotopic (exact) mass is 291 g/mol. The lowest BCUT2D eigenvalue weighted by atomic mass is 10.1. The summed E-state index contributed by atoms with van der Waals surface area (Å²) in [6.45, 7) is 4.94. The van der Waals surface area contributed by atoms with E-state index < -0.39 is 0 Å². The highest BCUT2D eigenvalue weighted by atomic mass is 79.9. The third-order valence-corrected chi connectivity index (χ3v) is 4.64. The molecule has 1 saturated heterocycles. The van der Waals surface area contributed by atoms with Crippen LogP contribution in [0.5, 0.6) is 0 Å². The van der Waals surface area contributed by atoms with Crippen LogP contribution < -0.4 is 0 Å². The second-order valence-corrected chi connectivity index (χ2v) is 5.85. The van der Waals surface area contributed by atoms with Gasteiger partial charge in [0, 0.05) is 6.54 Å². The van der Waals surface area contributed by atoms with E-state index in [1.54, 1.807) is 0 Å². The highest BCUT2D eigenvalue weighted by molar-refractivity contribution is 9.10. The summed E-state index contributed by atoms with van der Waals surface area (Å²) in [6.07, 6.45) is 4.26. The summed E-state index contributed by atoms with van der Waals surface area (Å²) in [6, 6.07) is 0.0220. The van der Waals surface area contributed by atoms with Crippen LogP contribution in [0.3, 0.4) is 0 Å². The fraction of sp³-hybridized carbons (Fsp3) is 0.917. The van der Waals surface area contributed by atoms with E-state index in [0.717, 1.165) is 32.2 Å². The maximum Gasteiger partial charge on any atom is 0.236 e. The molecule has 1 amide bonds. The number of likely N-dealkylation sites (tertiary alicyclic amines) is 1. The molecule has 1 aliphatic rings. The van der Waals surface area contributed by atoms with Crippen LogP contribution in [0.1, 0.15) is 39.5 Å². The van der Waals surface area contributed by atoms with Gasteiger partial charge >= 0.3 is 0 Å². The van der Waals surface area contributed by atoms with Crippen molar-refractivity contribution in [1.29, 1.82) is 0 Å². The molecule has 1 rings (SSSR count). The third kappa shape index (κ3) is 3.45. The van der Waals surface area contributed by atoms with Crippen LogP contribution in [-0.2, 0) is 4.79 Å². The van der Waals surface area contributed by atoms with Crippen LogP contribution in [0.2, 0.25) is 0 Å². The maximum atomic E-state index is 12.2. The molecular formula is C12H22BrNO2. The zero-order valence-corrected chi connectivity index (χ0v) is 11.7. The SMILES string of the molecule is CC(C)C(Br)C(=O)N1CCCCCC1CO. The van der Waals surface area contributed by atoms with Gasteiger partial charge in [-0.3, -0.25) is 4.79 Å². The van der Waals surface area contributed by atoms with E-state index in [9.17, 15) is 9.90 Å². The largest absolute Gasteiger partial charge is 0.394 e. The van der Waals surface area contributed by atoms with Gasteiger partial charge in [0.25, 0.3) is 0 Å². The standard InChI is InChI=1S/C12H22BrNO2/c1-9(2)11(13)12(16)14-7-5-3-4-6-10(14)8-15/h9-11,15H,3-8H2,1-2H3. The normalized spacial score (nSPS) is 24.3. The summed E-state index contributed by atoms with van der Waals surface area (Å²) in [4.78, 5) is 14.0. The van der Waals surface area contributed by atoms with Gasteiger partial charge in [-0.25, -0.2) is 0 Å². The van der Waals surface area contributed by atoms with E-state index in [1.807, 2.05) is 18.7 Å². The van der Waals surface area contributed by atoms with Crippen molar-refractivity contribution in [2.24, 2.45) is 5.92 Å². The third-order valence-electron chi connectivity index (χ3n) is 3.19. The molecule has 94 valence electrons. The fourth-order valence-corrected chi connectivity index (χ4v) is 2.36. The van der Waals surface area contributed by atoms with E-state index in [4.69, 9.17) is 0 Å². The van der Waals surface area contributed by atoms with Crippen LogP contribution in [0.25, 0.3) is 0 Å². The Morgan fingerprint density at radius 2 is 2.12 bits per heavy atom.